The van der Waals surface area contributed by atoms with Gasteiger partial charge in [0.05, 0.1) is 6.10 Å². The van der Waals surface area contributed by atoms with E-state index in [9.17, 15) is 14.4 Å². The molecule has 18 heavy (non-hydrogen) atoms. The van der Waals surface area contributed by atoms with Gasteiger partial charge in [0.1, 0.15) is 13.1 Å². The third-order valence-electron chi connectivity index (χ3n) is 2.70. The summed E-state index contributed by atoms with van der Waals surface area (Å²) in [4.78, 5) is 33.5. The minimum Gasteiger partial charge on any atom is -0.480 e. The van der Waals surface area contributed by atoms with Gasteiger partial charge in [-0.15, -0.1) is 0 Å². The second-order valence-corrected chi connectivity index (χ2v) is 4.12. The zero-order chi connectivity index (χ0) is 13.7. The van der Waals surface area contributed by atoms with Crippen LogP contribution in [-0.2, 0) is 14.3 Å². The van der Waals surface area contributed by atoms with Crippen LogP contribution in [-0.4, -0.2) is 65.4 Å². The van der Waals surface area contributed by atoms with Crippen molar-refractivity contribution in [2.75, 3.05) is 20.2 Å². The number of nitrogens with zero attached hydrogens (tertiary/aromatic N) is 1. The van der Waals surface area contributed by atoms with Gasteiger partial charge in [-0.3, -0.25) is 9.59 Å². The topological polar surface area (TPSA) is 116 Å². The molecular weight excluding hydrogens is 244 g/mol. The summed E-state index contributed by atoms with van der Waals surface area (Å²) < 4.78 is 5.03. The van der Waals surface area contributed by atoms with Crippen LogP contribution < -0.4 is 5.32 Å². The number of amides is 2. The number of ether oxygens (including phenoxy) is 1. The Hall–Kier alpha value is -1.83. The van der Waals surface area contributed by atoms with E-state index in [-0.39, 0.29) is 12.1 Å². The fourth-order valence-electron chi connectivity index (χ4n) is 1.67. The first kappa shape index (κ1) is 14.2. The van der Waals surface area contributed by atoms with Crippen molar-refractivity contribution in [2.24, 2.45) is 0 Å². The van der Waals surface area contributed by atoms with E-state index in [0.29, 0.717) is 12.8 Å². The zero-order valence-electron chi connectivity index (χ0n) is 9.96. The molecule has 0 heterocycles. The molecule has 1 rings (SSSR count). The molecule has 1 aliphatic carbocycles. The van der Waals surface area contributed by atoms with Crippen molar-refractivity contribution < 1.29 is 29.3 Å². The van der Waals surface area contributed by atoms with Crippen molar-refractivity contribution in [3.8, 4) is 0 Å². The van der Waals surface area contributed by atoms with Crippen molar-refractivity contribution in [1.82, 2.24) is 10.2 Å². The van der Waals surface area contributed by atoms with Crippen LogP contribution in [0.4, 0.5) is 4.79 Å². The van der Waals surface area contributed by atoms with Crippen molar-refractivity contribution in [2.45, 2.75) is 25.0 Å². The number of nitrogens with one attached hydrogen (secondary N) is 1. The lowest BCUT2D eigenvalue weighted by molar-refractivity contribution is -0.140. The molecular formula is C10H16N2O6. The van der Waals surface area contributed by atoms with E-state index in [2.05, 4.69) is 5.32 Å². The number of carboxylic acids is 2. The molecule has 3 N–H and O–H groups in total. The van der Waals surface area contributed by atoms with E-state index in [1.807, 2.05) is 0 Å². The molecule has 102 valence electrons. The van der Waals surface area contributed by atoms with Gasteiger partial charge in [0.2, 0.25) is 0 Å². The average Bonchev–Trinajstić information content (AvgIpc) is 2.20. The average molecular weight is 260 g/mol. The van der Waals surface area contributed by atoms with Crippen LogP contribution in [0.3, 0.4) is 0 Å². The van der Waals surface area contributed by atoms with Crippen LogP contribution in [0.15, 0.2) is 0 Å². The summed E-state index contributed by atoms with van der Waals surface area (Å²) in [6.07, 6.45) is 1.40. The summed E-state index contributed by atoms with van der Waals surface area (Å²) >= 11 is 0. The van der Waals surface area contributed by atoms with E-state index in [0.717, 1.165) is 4.90 Å². The van der Waals surface area contributed by atoms with Gasteiger partial charge in [-0.2, -0.15) is 0 Å². The molecule has 0 aromatic rings. The van der Waals surface area contributed by atoms with Gasteiger partial charge >= 0.3 is 18.0 Å². The van der Waals surface area contributed by atoms with Crippen molar-refractivity contribution in [1.29, 1.82) is 0 Å². The molecule has 8 heteroatoms. The molecule has 0 saturated heterocycles. The molecule has 0 aromatic heterocycles. The predicted molar refractivity (Wildman–Crippen MR) is 59.2 cm³/mol. The Balaban J connectivity index is 2.44. The van der Waals surface area contributed by atoms with E-state index in [1.54, 1.807) is 7.11 Å². The first-order chi connectivity index (χ1) is 8.42. The smallest absolute Gasteiger partial charge is 0.323 e. The van der Waals surface area contributed by atoms with Crippen LogP contribution >= 0.6 is 0 Å². The maximum Gasteiger partial charge on any atom is 0.323 e. The summed E-state index contributed by atoms with van der Waals surface area (Å²) in [7, 11) is 1.57. The number of carbonyl (C=O) groups excluding carboxylic acids is 1. The molecule has 0 atom stereocenters. The Morgan fingerprint density at radius 1 is 1.22 bits per heavy atom. The van der Waals surface area contributed by atoms with Gasteiger partial charge in [0, 0.05) is 13.2 Å². The summed E-state index contributed by atoms with van der Waals surface area (Å²) in [5.74, 6) is -2.51. The fraction of sp³-hybridized carbons (Fsp3) is 0.700. The van der Waals surface area contributed by atoms with Crippen molar-refractivity contribution in [3.63, 3.8) is 0 Å². The van der Waals surface area contributed by atoms with Crippen LogP contribution in [0.5, 0.6) is 0 Å². The Labute approximate surface area is 104 Å². The standard InChI is InChI=1S/C10H16N2O6/c1-18-7-2-6(3-7)11-10(17)12(4-8(13)14)5-9(15)16/h6-7H,2-5H2,1H3,(H,11,17)(H,13,14)(H,15,16). The van der Waals surface area contributed by atoms with E-state index < -0.39 is 31.1 Å². The highest BCUT2D eigenvalue weighted by Crippen LogP contribution is 2.22. The van der Waals surface area contributed by atoms with Gasteiger partial charge in [-0.05, 0) is 12.8 Å². The molecule has 8 nitrogen and oxygen atoms in total. The largest absolute Gasteiger partial charge is 0.480 e. The second-order valence-electron chi connectivity index (χ2n) is 4.12. The van der Waals surface area contributed by atoms with Gasteiger partial charge < -0.3 is 25.2 Å². The number of carbonyl (C=O) groups is 3. The number of urea groups is 1. The highest BCUT2D eigenvalue weighted by Gasteiger charge is 2.32. The van der Waals surface area contributed by atoms with Crippen LogP contribution in [0.25, 0.3) is 0 Å². The quantitative estimate of drug-likeness (QED) is 0.584. The van der Waals surface area contributed by atoms with Crippen molar-refractivity contribution >= 4 is 18.0 Å². The summed E-state index contributed by atoms with van der Waals surface area (Å²) in [6, 6.07) is -0.771. The Morgan fingerprint density at radius 3 is 2.11 bits per heavy atom. The molecule has 2 amide bonds. The maximum absolute atomic E-state index is 11.7. The van der Waals surface area contributed by atoms with Gasteiger partial charge in [0.25, 0.3) is 0 Å². The summed E-state index contributed by atoms with van der Waals surface area (Å²) in [6.45, 7) is -1.28. The number of aliphatic carboxylic acids is 2. The molecule has 0 unspecified atom stereocenters. The number of carboxylic acid groups (broad SMARTS) is 2. The lowest BCUT2D eigenvalue weighted by Crippen LogP contribution is -2.53. The van der Waals surface area contributed by atoms with Gasteiger partial charge in [-0.1, -0.05) is 0 Å². The van der Waals surface area contributed by atoms with E-state index >= 15 is 0 Å². The first-order valence-corrected chi connectivity index (χ1v) is 5.44. The van der Waals surface area contributed by atoms with E-state index in [1.165, 1.54) is 0 Å². The van der Waals surface area contributed by atoms with Gasteiger partial charge in [-0.25, -0.2) is 4.79 Å². The molecule has 0 aromatic carbocycles. The highest BCUT2D eigenvalue weighted by molar-refractivity contribution is 5.84. The lowest BCUT2D eigenvalue weighted by atomic mass is 9.89. The molecule has 0 spiro atoms. The summed E-state index contributed by atoms with van der Waals surface area (Å²) in [5.41, 5.74) is 0. The minimum absolute atomic E-state index is 0.0902. The highest BCUT2D eigenvalue weighted by atomic mass is 16.5. The van der Waals surface area contributed by atoms with Crippen LogP contribution in [0, 0.1) is 0 Å². The van der Waals surface area contributed by atoms with Crippen molar-refractivity contribution in [3.05, 3.63) is 0 Å². The molecule has 1 saturated carbocycles. The number of rotatable bonds is 6. The molecule has 0 radical (unpaired) electrons. The summed E-state index contributed by atoms with van der Waals surface area (Å²) in [5, 5.41) is 19.8. The van der Waals surface area contributed by atoms with Gasteiger partial charge in [0.15, 0.2) is 0 Å². The monoisotopic (exact) mass is 260 g/mol. The Kier molecular flexibility index (Phi) is 4.90. The zero-order valence-corrected chi connectivity index (χ0v) is 9.96. The normalized spacial score (nSPS) is 21.8. The second kappa shape index (κ2) is 6.20. The minimum atomic E-state index is -1.25. The molecule has 1 aliphatic rings. The number of hydrogen-bond acceptors (Lipinski definition) is 4. The number of hydrogen-bond donors (Lipinski definition) is 3. The van der Waals surface area contributed by atoms with Crippen LogP contribution in [0.2, 0.25) is 0 Å². The lowest BCUT2D eigenvalue weighted by Gasteiger charge is -2.35. The van der Waals surface area contributed by atoms with Crippen LogP contribution in [0.1, 0.15) is 12.8 Å². The Bertz CT molecular complexity index is 323. The maximum atomic E-state index is 11.7. The SMILES string of the molecule is COC1CC(NC(=O)N(CC(=O)O)CC(=O)O)C1. The third-order valence-corrected chi connectivity index (χ3v) is 2.70. The molecule has 1 fully saturated rings. The predicted octanol–water partition coefficient (Wildman–Crippen LogP) is -0.655. The number of methoxy groups -OCH3 is 1. The molecule has 0 aliphatic heterocycles. The third kappa shape index (κ3) is 4.21. The Morgan fingerprint density at radius 2 is 1.72 bits per heavy atom. The fourth-order valence-corrected chi connectivity index (χ4v) is 1.67. The first-order valence-electron chi connectivity index (χ1n) is 5.44. The molecule has 0 bridgehead atoms. The van der Waals surface area contributed by atoms with E-state index in [4.69, 9.17) is 14.9 Å².